The summed E-state index contributed by atoms with van der Waals surface area (Å²) >= 11 is 18.5. The molecule has 2 nitrogen and oxygen atoms in total. The number of benzene rings is 2. The Morgan fingerprint density at radius 3 is 2.67 bits per heavy atom. The normalized spacial score (nSPS) is 17.0. The predicted octanol–water partition coefficient (Wildman–Crippen LogP) is 5.89. The number of rotatable bonds is 2. The molecule has 1 atom stereocenters. The molecule has 1 unspecified atom stereocenters. The molecule has 0 amide bonds. The molecular weight excluding hydrogens is 329 g/mol. The molecule has 110 valence electrons. The van der Waals surface area contributed by atoms with Gasteiger partial charge in [-0.3, -0.25) is 0 Å². The summed E-state index contributed by atoms with van der Waals surface area (Å²) in [5.74, 6) is 0.711. The van der Waals surface area contributed by atoms with Crippen LogP contribution in [-0.2, 0) is 0 Å². The molecule has 0 fully saturated rings. The van der Waals surface area contributed by atoms with Crippen LogP contribution in [0.2, 0.25) is 15.1 Å². The molecular formula is C16H14Cl3NO. The first kappa shape index (κ1) is 14.8. The molecule has 1 heterocycles. The van der Waals surface area contributed by atoms with E-state index in [1.165, 1.54) is 0 Å². The zero-order valence-electron chi connectivity index (χ0n) is 11.4. The number of nitrogens with one attached hydrogen (secondary N) is 1. The van der Waals surface area contributed by atoms with Gasteiger partial charge in [-0.15, -0.1) is 0 Å². The molecule has 0 aliphatic carbocycles. The van der Waals surface area contributed by atoms with E-state index >= 15 is 0 Å². The highest BCUT2D eigenvalue weighted by molar-refractivity contribution is 6.35. The average molecular weight is 343 g/mol. The van der Waals surface area contributed by atoms with E-state index in [1.807, 2.05) is 31.2 Å². The Hall–Kier alpha value is -1.09. The van der Waals surface area contributed by atoms with Gasteiger partial charge in [0.15, 0.2) is 0 Å². The Morgan fingerprint density at radius 2 is 1.90 bits per heavy atom. The van der Waals surface area contributed by atoms with Crippen molar-refractivity contribution >= 4 is 40.5 Å². The molecule has 1 aliphatic rings. The molecule has 1 aliphatic heterocycles. The lowest BCUT2D eigenvalue weighted by molar-refractivity contribution is 0.274. The van der Waals surface area contributed by atoms with Gasteiger partial charge in [-0.2, -0.15) is 0 Å². The van der Waals surface area contributed by atoms with E-state index in [0.717, 1.165) is 28.3 Å². The monoisotopic (exact) mass is 341 g/mol. The largest absolute Gasteiger partial charge is 0.492 e. The Labute approximate surface area is 139 Å². The highest BCUT2D eigenvalue weighted by Gasteiger charge is 2.24. The minimum absolute atomic E-state index is 0.101. The van der Waals surface area contributed by atoms with E-state index in [0.29, 0.717) is 22.4 Å². The lowest BCUT2D eigenvalue weighted by Gasteiger charge is -2.28. The second-order valence-electron chi connectivity index (χ2n) is 5.10. The summed E-state index contributed by atoms with van der Waals surface area (Å²) in [5, 5.41) is 5.38. The number of hydrogen-bond donors (Lipinski definition) is 1. The molecule has 0 saturated carbocycles. The van der Waals surface area contributed by atoms with Crippen molar-refractivity contribution in [3.63, 3.8) is 0 Å². The van der Waals surface area contributed by atoms with E-state index in [-0.39, 0.29) is 6.04 Å². The van der Waals surface area contributed by atoms with Gasteiger partial charge >= 0.3 is 0 Å². The smallest absolute Gasteiger partial charge is 0.143 e. The van der Waals surface area contributed by atoms with Gasteiger partial charge < -0.3 is 10.1 Å². The number of halogens is 3. The van der Waals surface area contributed by atoms with Crippen LogP contribution in [0.25, 0.3) is 0 Å². The van der Waals surface area contributed by atoms with Crippen LogP contribution in [0.4, 0.5) is 5.69 Å². The Morgan fingerprint density at radius 1 is 1.10 bits per heavy atom. The van der Waals surface area contributed by atoms with Crippen molar-refractivity contribution in [3.8, 4) is 5.75 Å². The molecule has 0 bridgehead atoms. The molecule has 0 spiro atoms. The molecule has 1 N–H and O–H groups in total. The van der Waals surface area contributed by atoms with Gasteiger partial charge in [0, 0.05) is 27.7 Å². The zero-order chi connectivity index (χ0) is 15.0. The van der Waals surface area contributed by atoms with Crippen LogP contribution in [0.1, 0.15) is 23.6 Å². The minimum Gasteiger partial charge on any atom is -0.492 e. The van der Waals surface area contributed by atoms with Crippen LogP contribution in [0.15, 0.2) is 30.3 Å². The van der Waals surface area contributed by atoms with Gasteiger partial charge in [0.05, 0.1) is 17.7 Å². The summed E-state index contributed by atoms with van der Waals surface area (Å²) in [6, 6.07) is 9.64. The summed E-state index contributed by atoms with van der Waals surface area (Å²) in [4.78, 5) is 0. The van der Waals surface area contributed by atoms with Crippen molar-refractivity contribution < 1.29 is 4.74 Å². The van der Waals surface area contributed by atoms with Crippen LogP contribution in [0, 0.1) is 6.92 Å². The molecule has 2 aromatic rings. The Balaban J connectivity index is 1.93. The van der Waals surface area contributed by atoms with Crippen LogP contribution < -0.4 is 10.1 Å². The van der Waals surface area contributed by atoms with E-state index in [4.69, 9.17) is 39.5 Å². The average Bonchev–Trinajstić information content (AvgIpc) is 2.44. The van der Waals surface area contributed by atoms with Crippen LogP contribution in [0.3, 0.4) is 0 Å². The highest BCUT2D eigenvalue weighted by Crippen LogP contribution is 2.41. The second-order valence-corrected chi connectivity index (χ2v) is 6.35. The SMILES string of the molecule is Cc1ccc(NC2CCOc3c(Cl)cc(Cl)cc32)cc1Cl. The zero-order valence-corrected chi connectivity index (χ0v) is 13.7. The van der Waals surface area contributed by atoms with Gasteiger partial charge in [0.1, 0.15) is 5.75 Å². The fraction of sp³-hybridized carbons (Fsp3) is 0.250. The highest BCUT2D eigenvalue weighted by atomic mass is 35.5. The Kier molecular flexibility index (Phi) is 4.21. The first-order valence-corrected chi connectivity index (χ1v) is 7.82. The number of hydrogen-bond acceptors (Lipinski definition) is 2. The summed E-state index contributed by atoms with van der Waals surface area (Å²) in [5.41, 5.74) is 3.01. The van der Waals surface area contributed by atoms with Crippen LogP contribution >= 0.6 is 34.8 Å². The van der Waals surface area contributed by atoms with E-state index in [9.17, 15) is 0 Å². The van der Waals surface area contributed by atoms with Crippen molar-refractivity contribution in [2.24, 2.45) is 0 Å². The Bertz CT molecular complexity index is 687. The second kappa shape index (κ2) is 5.96. The maximum absolute atomic E-state index is 6.20. The number of ether oxygens (including phenoxy) is 1. The molecule has 21 heavy (non-hydrogen) atoms. The summed E-state index contributed by atoms with van der Waals surface area (Å²) in [7, 11) is 0. The lowest BCUT2D eigenvalue weighted by Crippen LogP contribution is -2.20. The van der Waals surface area contributed by atoms with Gasteiger partial charge in [-0.05, 0) is 36.8 Å². The quantitative estimate of drug-likeness (QED) is 0.734. The predicted molar refractivity (Wildman–Crippen MR) is 89.1 cm³/mol. The lowest BCUT2D eigenvalue weighted by atomic mass is 10.00. The van der Waals surface area contributed by atoms with Crippen LogP contribution in [0.5, 0.6) is 5.75 Å². The van der Waals surface area contributed by atoms with E-state index in [2.05, 4.69) is 5.32 Å². The maximum Gasteiger partial charge on any atom is 0.143 e. The molecule has 0 saturated heterocycles. The third kappa shape index (κ3) is 3.08. The molecule has 5 heteroatoms. The topological polar surface area (TPSA) is 21.3 Å². The summed E-state index contributed by atoms with van der Waals surface area (Å²) in [6.07, 6.45) is 0.842. The van der Waals surface area contributed by atoms with Crippen molar-refractivity contribution in [1.82, 2.24) is 0 Å². The first-order valence-electron chi connectivity index (χ1n) is 6.69. The van der Waals surface area contributed by atoms with Crippen LogP contribution in [-0.4, -0.2) is 6.61 Å². The molecule has 0 radical (unpaired) electrons. The van der Waals surface area contributed by atoms with Crippen molar-refractivity contribution in [3.05, 3.63) is 56.5 Å². The fourth-order valence-corrected chi connectivity index (χ4v) is 3.20. The van der Waals surface area contributed by atoms with Crippen molar-refractivity contribution in [1.29, 1.82) is 0 Å². The maximum atomic E-state index is 6.20. The van der Waals surface area contributed by atoms with Crippen molar-refractivity contribution in [2.45, 2.75) is 19.4 Å². The third-order valence-corrected chi connectivity index (χ3v) is 4.48. The van der Waals surface area contributed by atoms with Crippen molar-refractivity contribution in [2.75, 3.05) is 11.9 Å². The summed E-state index contributed by atoms with van der Waals surface area (Å²) < 4.78 is 5.66. The number of aryl methyl sites for hydroxylation is 1. The van der Waals surface area contributed by atoms with E-state index < -0.39 is 0 Å². The fourth-order valence-electron chi connectivity index (χ4n) is 2.46. The van der Waals surface area contributed by atoms with E-state index in [1.54, 1.807) is 6.07 Å². The minimum atomic E-state index is 0.101. The molecule has 3 rings (SSSR count). The van der Waals surface area contributed by atoms with Gasteiger partial charge in [0.25, 0.3) is 0 Å². The molecule has 0 aromatic heterocycles. The third-order valence-electron chi connectivity index (χ3n) is 3.58. The van der Waals surface area contributed by atoms with Gasteiger partial charge in [-0.25, -0.2) is 0 Å². The summed E-state index contributed by atoms with van der Waals surface area (Å²) in [6.45, 7) is 2.60. The molecule has 2 aromatic carbocycles. The first-order chi connectivity index (χ1) is 10.0. The number of anilines is 1. The number of fused-ring (bicyclic) bond motifs is 1. The van der Waals surface area contributed by atoms with Gasteiger partial charge in [0.2, 0.25) is 0 Å². The van der Waals surface area contributed by atoms with Gasteiger partial charge in [-0.1, -0.05) is 40.9 Å². The standard InChI is InChI=1S/C16H14Cl3NO/c1-9-2-3-11(8-13(9)18)20-15-4-5-21-16-12(15)6-10(17)7-14(16)19/h2-3,6-8,15,20H,4-5H2,1H3.